The Morgan fingerprint density at radius 2 is 2.17 bits per heavy atom. The molecule has 122 valence electrons. The monoisotopic (exact) mass is 333 g/mol. The summed E-state index contributed by atoms with van der Waals surface area (Å²) in [6.45, 7) is 1.17. The van der Waals surface area contributed by atoms with E-state index in [1.54, 1.807) is 6.07 Å². The molecule has 2 N–H and O–H groups in total. The zero-order valence-electron chi connectivity index (χ0n) is 12.7. The molecule has 1 aliphatic carbocycles. The summed E-state index contributed by atoms with van der Waals surface area (Å²) in [4.78, 5) is 15.0. The highest BCUT2D eigenvalue weighted by Gasteiger charge is 2.30. The van der Waals surface area contributed by atoms with Crippen LogP contribution >= 0.6 is 11.3 Å². The Bertz CT molecular complexity index is 695. The Morgan fingerprint density at radius 3 is 2.91 bits per heavy atom. The average molecular weight is 333 g/mol. The first kappa shape index (κ1) is 16.0. The number of thiazole rings is 1. The molecule has 7 heteroatoms. The van der Waals surface area contributed by atoms with E-state index in [1.807, 2.05) is 11.4 Å². The summed E-state index contributed by atoms with van der Waals surface area (Å²) in [6, 6.07) is 6.51. The van der Waals surface area contributed by atoms with E-state index in [4.69, 9.17) is 0 Å². The van der Waals surface area contributed by atoms with Gasteiger partial charge in [-0.25, -0.2) is 4.98 Å². The summed E-state index contributed by atoms with van der Waals surface area (Å²) in [5.74, 6) is 0. The van der Waals surface area contributed by atoms with Crippen LogP contribution in [0.3, 0.4) is 0 Å². The smallest absolute Gasteiger partial charge is 0.270 e. The lowest BCUT2D eigenvalue weighted by molar-refractivity contribution is -0.384. The second kappa shape index (κ2) is 6.74. The van der Waals surface area contributed by atoms with E-state index < -0.39 is 10.5 Å². The van der Waals surface area contributed by atoms with Crippen LogP contribution in [0.5, 0.6) is 0 Å². The highest BCUT2D eigenvalue weighted by molar-refractivity contribution is 7.13. The van der Waals surface area contributed by atoms with Crippen molar-refractivity contribution in [2.75, 3.05) is 6.54 Å². The second-order valence-electron chi connectivity index (χ2n) is 5.99. The molecule has 1 aromatic heterocycles. The maximum atomic E-state index is 10.8. The molecule has 0 spiro atoms. The number of benzene rings is 1. The number of nitrogens with zero attached hydrogens (tertiary/aromatic N) is 2. The molecule has 1 aromatic carbocycles. The number of hydrogen-bond acceptors (Lipinski definition) is 6. The van der Waals surface area contributed by atoms with E-state index in [1.165, 1.54) is 23.5 Å². The molecule has 23 heavy (non-hydrogen) atoms. The summed E-state index contributed by atoms with van der Waals surface area (Å²) < 4.78 is 0. The zero-order valence-corrected chi connectivity index (χ0v) is 13.5. The summed E-state index contributed by atoms with van der Waals surface area (Å²) in [5, 5.41) is 27.1. The molecule has 0 unspecified atom stereocenters. The van der Waals surface area contributed by atoms with Gasteiger partial charge < -0.3 is 10.4 Å². The van der Waals surface area contributed by atoms with E-state index in [0.717, 1.165) is 41.9 Å². The second-order valence-corrected chi connectivity index (χ2v) is 6.84. The quantitative estimate of drug-likeness (QED) is 0.626. The van der Waals surface area contributed by atoms with Crippen LogP contribution in [0.25, 0.3) is 10.6 Å². The van der Waals surface area contributed by atoms with E-state index in [9.17, 15) is 15.2 Å². The highest BCUT2D eigenvalue weighted by atomic mass is 32.1. The number of hydrogen-bond donors (Lipinski definition) is 2. The van der Waals surface area contributed by atoms with Crippen LogP contribution in [-0.4, -0.2) is 27.2 Å². The van der Waals surface area contributed by atoms with Crippen molar-refractivity contribution in [2.45, 2.75) is 37.8 Å². The maximum absolute atomic E-state index is 10.8. The standard InChI is InChI=1S/C16H19N3O3S/c20-16(6-1-2-7-16)11-17-9-13-10-23-15(18-13)12-4-3-5-14(8-12)19(21)22/h3-5,8,10,17,20H,1-2,6-7,9,11H2. The number of nitro benzene ring substituents is 1. The first-order valence-electron chi connectivity index (χ1n) is 7.68. The first-order chi connectivity index (χ1) is 11.1. The summed E-state index contributed by atoms with van der Waals surface area (Å²) in [6.07, 6.45) is 3.89. The Kier molecular flexibility index (Phi) is 4.70. The van der Waals surface area contributed by atoms with Gasteiger partial charge in [0.2, 0.25) is 0 Å². The molecule has 0 aliphatic heterocycles. The van der Waals surface area contributed by atoms with Gasteiger partial charge in [-0.1, -0.05) is 25.0 Å². The third kappa shape index (κ3) is 3.93. The number of aliphatic hydroxyl groups is 1. The van der Waals surface area contributed by atoms with E-state index in [2.05, 4.69) is 10.3 Å². The van der Waals surface area contributed by atoms with Crippen molar-refractivity contribution in [3.05, 3.63) is 45.5 Å². The molecule has 2 aromatic rings. The zero-order chi connectivity index (χ0) is 16.3. The van der Waals surface area contributed by atoms with Gasteiger partial charge in [0.15, 0.2) is 0 Å². The van der Waals surface area contributed by atoms with Crippen molar-refractivity contribution < 1.29 is 10.0 Å². The van der Waals surface area contributed by atoms with Crippen molar-refractivity contribution in [1.82, 2.24) is 10.3 Å². The van der Waals surface area contributed by atoms with E-state index in [0.29, 0.717) is 13.1 Å². The van der Waals surface area contributed by atoms with Gasteiger partial charge in [-0.2, -0.15) is 0 Å². The van der Waals surface area contributed by atoms with Gasteiger partial charge in [-0.05, 0) is 12.8 Å². The Balaban J connectivity index is 1.61. The van der Waals surface area contributed by atoms with Crippen molar-refractivity contribution in [3.63, 3.8) is 0 Å². The largest absolute Gasteiger partial charge is 0.389 e. The highest BCUT2D eigenvalue weighted by Crippen LogP contribution is 2.29. The number of aromatic nitrogens is 1. The fraction of sp³-hybridized carbons (Fsp3) is 0.438. The van der Waals surface area contributed by atoms with Gasteiger partial charge in [0.25, 0.3) is 5.69 Å². The van der Waals surface area contributed by atoms with Crippen LogP contribution in [0.1, 0.15) is 31.4 Å². The minimum Gasteiger partial charge on any atom is -0.389 e. The Hall–Kier alpha value is -1.83. The lowest BCUT2D eigenvalue weighted by atomic mass is 10.0. The minimum atomic E-state index is -0.571. The van der Waals surface area contributed by atoms with Crippen LogP contribution in [0.15, 0.2) is 29.6 Å². The Labute approximate surface area is 138 Å². The third-order valence-electron chi connectivity index (χ3n) is 4.15. The molecular formula is C16H19N3O3S. The molecule has 1 fully saturated rings. The van der Waals surface area contributed by atoms with E-state index >= 15 is 0 Å². The van der Waals surface area contributed by atoms with E-state index in [-0.39, 0.29) is 5.69 Å². The van der Waals surface area contributed by atoms with Crippen LogP contribution in [0, 0.1) is 10.1 Å². The lowest BCUT2D eigenvalue weighted by Gasteiger charge is -2.22. The van der Waals surface area contributed by atoms with Crippen LogP contribution in [-0.2, 0) is 6.54 Å². The summed E-state index contributed by atoms with van der Waals surface area (Å²) in [5.41, 5.74) is 1.14. The molecule has 0 radical (unpaired) electrons. The van der Waals surface area contributed by atoms with Crippen molar-refractivity contribution >= 4 is 17.0 Å². The Morgan fingerprint density at radius 1 is 1.39 bits per heavy atom. The van der Waals surface area contributed by atoms with Crippen LogP contribution in [0.2, 0.25) is 0 Å². The molecule has 1 aliphatic rings. The number of non-ortho nitro benzene ring substituents is 1. The molecule has 0 saturated heterocycles. The van der Waals surface area contributed by atoms with Crippen molar-refractivity contribution in [2.24, 2.45) is 0 Å². The number of nitro groups is 1. The SMILES string of the molecule is O=[N+]([O-])c1cccc(-c2nc(CNCC3(O)CCCC3)cs2)c1. The fourth-order valence-electron chi connectivity index (χ4n) is 2.91. The predicted molar refractivity (Wildman–Crippen MR) is 89.3 cm³/mol. The number of nitrogens with one attached hydrogen (secondary N) is 1. The van der Waals surface area contributed by atoms with Gasteiger partial charge in [0.05, 0.1) is 16.2 Å². The molecule has 1 heterocycles. The minimum absolute atomic E-state index is 0.0702. The van der Waals surface area contributed by atoms with Crippen LogP contribution < -0.4 is 5.32 Å². The van der Waals surface area contributed by atoms with Gasteiger partial charge in [-0.3, -0.25) is 10.1 Å². The first-order valence-corrected chi connectivity index (χ1v) is 8.56. The molecule has 6 nitrogen and oxygen atoms in total. The molecule has 0 amide bonds. The normalized spacial score (nSPS) is 16.6. The molecule has 3 rings (SSSR count). The average Bonchev–Trinajstić information content (AvgIpc) is 3.17. The van der Waals surface area contributed by atoms with Crippen molar-refractivity contribution in [3.8, 4) is 10.6 Å². The molecule has 0 bridgehead atoms. The van der Waals surface area contributed by atoms with Gasteiger partial charge in [-0.15, -0.1) is 11.3 Å². The topological polar surface area (TPSA) is 88.3 Å². The van der Waals surface area contributed by atoms with Crippen molar-refractivity contribution in [1.29, 1.82) is 0 Å². The predicted octanol–water partition coefficient (Wildman–Crippen LogP) is 3.11. The van der Waals surface area contributed by atoms with Gasteiger partial charge in [0, 0.05) is 36.2 Å². The fourth-order valence-corrected chi connectivity index (χ4v) is 3.72. The molecule has 0 atom stereocenters. The summed E-state index contributed by atoms with van der Waals surface area (Å²) >= 11 is 1.47. The number of rotatable bonds is 6. The van der Waals surface area contributed by atoms with Crippen LogP contribution in [0.4, 0.5) is 5.69 Å². The van der Waals surface area contributed by atoms with Gasteiger partial charge in [0.1, 0.15) is 5.01 Å². The maximum Gasteiger partial charge on any atom is 0.270 e. The molecule has 1 saturated carbocycles. The molecular weight excluding hydrogens is 314 g/mol. The van der Waals surface area contributed by atoms with Gasteiger partial charge >= 0.3 is 0 Å². The third-order valence-corrected chi connectivity index (χ3v) is 5.09. The summed E-state index contributed by atoms with van der Waals surface area (Å²) in [7, 11) is 0. The lowest BCUT2D eigenvalue weighted by Crippen LogP contribution is -2.37.